The monoisotopic (exact) mass is 321 g/mol. The van der Waals surface area contributed by atoms with Crippen LogP contribution >= 0.6 is 0 Å². The van der Waals surface area contributed by atoms with Crippen molar-refractivity contribution in [3.8, 4) is 0 Å². The van der Waals surface area contributed by atoms with Gasteiger partial charge in [-0.05, 0) is 52.4 Å². The first-order valence-electron chi connectivity index (χ1n) is 7.51. The second kappa shape index (κ2) is 7.98. The summed E-state index contributed by atoms with van der Waals surface area (Å²) >= 11 is 0. The minimum absolute atomic E-state index is 0.0933. The normalized spacial score (nSPS) is 18.8. The zero-order chi connectivity index (χ0) is 16.0. The smallest absolute Gasteiger partial charge is 0.410 e. The van der Waals surface area contributed by atoms with E-state index in [9.17, 15) is 13.2 Å². The Balaban J connectivity index is 2.26. The highest BCUT2D eigenvalue weighted by molar-refractivity contribution is 7.86. The van der Waals surface area contributed by atoms with Gasteiger partial charge in [-0.15, -0.1) is 0 Å². The van der Waals surface area contributed by atoms with Gasteiger partial charge >= 0.3 is 6.09 Å². The van der Waals surface area contributed by atoms with Crippen LogP contribution in [0.15, 0.2) is 0 Å². The molecule has 6 nitrogen and oxygen atoms in total. The summed E-state index contributed by atoms with van der Waals surface area (Å²) in [5, 5.41) is 0. The molecule has 1 aliphatic heterocycles. The average Bonchev–Trinajstić information content (AvgIpc) is 2.34. The van der Waals surface area contributed by atoms with Gasteiger partial charge in [0.2, 0.25) is 0 Å². The molecule has 1 rings (SSSR count). The van der Waals surface area contributed by atoms with Gasteiger partial charge in [0.15, 0.2) is 0 Å². The number of likely N-dealkylation sites (tertiary alicyclic amines) is 1. The number of rotatable bonds is 6. The SMILES string of the molecule is CC(C)OC(=O)N1CCC(CC[C@@H](C)OS(C)(=O)=O)CC1. The zero-order valence-corrected chi connectivity index (χ0v) is 14.2. The predicted molar refractivity (Wildman–Crippen MR) is 80.5 cm³/mol. The molecule has 1 aliphatic rings. The first-order chi connectivity index (χ1) is 9.67. The number of piperidine rings is 1. The molecule has 0 aliphatic carbocycles. The van der Waals surface area contributed by atoms with E-state index in [-0.39, 0.29) is 18.3 Å². The summed E-state index contributed by atoms with van der Waals surface area (Å²) in [6, 6.07) is 0. The van der Waals surface area contributed by atoms with Crippen molar-refractivity contribution in [2.45, 2.75) is 58.7 Å². The maximum Gasteiger partial charge on any atom is 0.410 e. The first-order valence-corrected chi connectivity index (χ1v) is 9.33. The Bertz CT molecular complexity index is 427. The summed E-state index contributed by atoms with van der Waals surface area (Å²) in [4.78, 5) is 13.5. The van der Waals surface area contributed by atoms with E-state index in [4.69, 9.17) is 8.92 Å². The van der Waals surface area contributed by atoms with Crippen molar-refractivity contribution < 1.29 is 22.1 Å². The van der Waals surface area contributed by atoms with Crippen molar-refractivity contribution in [1.82, 2.24) is 4.90 Å². The van der Waals surface area contributed by atoms with Gasteiger partial charge in [-0.25, -0.2) is 4.79 Å². The van der Waals surface area contributed by atoms with Gasteiger partial charge in [0.25, 0.3) is 10.1 Å². The fraction of sp³-hybridized carbons (Fsp3) is 0.929. The molecule has 0 aromatic rings. The molecule has 124 valence electrons. The highest BCUT2D eigenvalue weighted by Crippen LogP contribution is 2.24. The lowest BCUT2D eigenvalue weighted by Crippen LogP contribution is -2.39. The van der Waals surface area contributed by atoms with Gasteiger partial charge in [-0.2, -0.15) is 8.42 Å². The van der Waals surface area contributed by atoms with E-state index >= 15 is 0 Å². The maximum absolute atomic E-state index is 11.8. The number of carbonyl (C=O) groups is 1. The summed E-state index contributed by atoms with van der Waals surface area (Å²) in [5.74, 6) is 0.513. The summed E-state index contributed by atoms with van der Waals surface area (Å²) in [6.07, 6.45) is 3.95. The van der Waals surface area contributed by atoms with E-state index < -0.39 is 10.1 Å². The molecule has 1 saturated heterocycles. The molecule has 1 fully saturated rings. The molecule has 0 aromatic heterocycles. The van der Waals surface area contributed by atoms with E-state index in [0.29, 0.717) is 25.4 Å². The Morgan fingerprint density at radius 2 is 1.81 bits per heavy atom. The van der Waals surface area contributed by atoms with Crippen LogP contribution in [0.2, 0.25) is 0 Å². The summed E-state index contributed by atoms with van der Waals surface area (Å²) in [7, 11) is -3.38. The van der Waals surface area contributed by atoms with Crippen molar-refractivity contribution in [2.24, 2.45) is 5.92 Å². The zero-order valence-electron chi connectivity index (χ0n) is 13.4. The van der Waals surface area contributed by atoms with Gasteiger partial charge in [-0.3, -0.25) is 4.18 Å². The van der Waals surface area contributed by atoms with E-state index in [0.717, 1.165) is 25.5 Å². The predicted octanol–water partition coefficient (Wildman–Crippen LogP) is 2.39. The number of carbonyl (C=O) groups excluding carboxylic acids is 1. The van der Waals surface area contributed by atoms with Crippen LogP contribution in [0.4, 0.5) is 4.79 Å². The third kappa shape index (κ3) is 7.66. The summed E-state index contributed by atoms with van der Waals surface area (Å²) < 4.78 is 32.1. The van der Waals surface area contributed by atoms with Crippen LogP contribution in [0, 0.1) is 5.92 Å². The Labute approximate surface area is 127 Å². The molecule has 0 unspecified atom stereocenters. The Morgan fingerprint density at radius 1 is 1.24 bits per heavy atom. The van der Waals surface area contributed by atoms with Crippen molar-refractivity contribution in [2.75, 3.05) is 19.3 Å². The molecule has 0 bridgehead atoms. The number of nitrogens with zero attached hydrogens (tertiary/aromatic N) is 1. The largest absolute Gasteiger partial charge is 0.447 e. The lowest BCUT2D eigenvalue weighted by molar-refractivity contribution is 0.0636. The highest BCUT2D eigenvalue weighted by atomic mass is 32.2. The molecule has 1 amide bonds. The molecule has 0 N–H and O–H groups in total. The summed E-state index contributed by atoms with van der Waals surface area (Å²) in [6.45, 7) is 6.87. The van der Waals surface area contributed by atoms with Crippen LogP contribution in [0.5, 0.6) is 0 Å². The fourth-order valence-corrected chi connectivity index (χ4v) is 3.19. The standard InChI is InChI=1S/C14H27NO5S/c1-11(2)19-14(16)15-9-7-13(8-10-15)6-5-12(3)20-21(4,17)18/h11-13H,5-10H2,1-4H3/t12-/m1/s1. The number of hydrogen-bond donors (Lipinski definition) is 0. The third-order valence-corrected chi connectivity index (χ3v) is 4.21. The Kier molecular flexibility index (Phi) is 6.93. The number of ether oxygens (including phenoxy) is 1. The van der Waals surface area contributed by atoms with Crippen molar-refractivity contribution in [3.63, 3.8) is 0 Å². The van der Waals surface area contributed by atoms with E-state index in [1.807, 2.05) is 13.8 Å². The van der Waals surface area contributed by atoms with Crippen LogP contribution in [-0.4, -0.2) is 51.0 Å². The van der Waals surface area contributed by atoms with Gasteiger partial charge < -0.3 is 9.64 Å². The maximum atomic E-state index is 11.8. The van der Waals surface area contributed by atoms with Crippen molar-refractivity contribution in [3.05, 3.63) is 0 Å². The van der Waals surface area contributed by atoms with Crippen molar-refractivity contribution >= 4 is 16.2 Å². The molecule has 0 spiro atoms. The lowest BCUT2D eigenvalue weighted by atomic mass is 9.91. The quantitative estimate of drug-likeness (QED) is 0.702. The molecule has 1 atom stereocenters. The average molecular weight is 321 g/mol. The third-order valence-electron chi connectivity index (χ3n) is 3.53. The Hall–Kier alpha value is -0.820. The highest BCUT2D eigenvalue weighted by Gasteiger charge is 2.24. The van der Waals surface area contributed by atoms with Gasteiger partial charge in [0.05, 0.1) is 18.5 Å². The molecular weight excluding hydrogens is 294 g/mol. The van der Waals surface area contributed by atoms with Crippen LogP contribution in [0.25, 0.3) is 0 Å². The molecule has 7 heteroatoms. The minimum atomic E-state index is -3.38. The Morgan fingerprint density at radius 3 is 2.29 bits per heavy atom. The van der Waals surface area contributed by atoms with Gasteiger partial charge in [-0.1, -0.05) is 0 Å². The molecule has 21 heavy (non-hydrogen) atoms. The van der Waals surface area contributed by atoms with Crippen LogP contribution in [-0.2, 0) is 19.0 Å². The molecule has 0 saturated carbocycles. The van der Waals surface area contributed by atoms with E-state index in [2.05, 4.69) is 0 Å². The van der Waals surface area contributed by atoms with Crippen LogP contribution in [0.1, 0.15) is 46.5 Å². The van der Waals surface area contributed by atoms with Crippen LogP contribution in [0.3, 0.4) is 0 Å². The van der Waals surface area contributed by atoms with Crippen molar-refractivity contribution in [1.29, 1.82) is 0 Å². The van der Waals surface area contributed by atoms with E-state index in [1.54, 1.807) is 11.8 Å². The first kappa shape index (κ1) is 18.2. The molecule has 0 radical (unpaired) electrons. The molecular formula is C14H27NO5S. The molecule has 0 aromatic carbocycles. The lowest BCUT2D eigenvalue weighted by Gasteiger charge is -2.32. The van der Waals surface area contributed by atoms with Gasteiger partial charge in [0, 0.05) is 13.1 Å². The summed E-state index contributed by atoms with van der Waals surface area (Å²) in [5.41, 5.74) is 0. The topological polar surface area (TPSA) is 72.9 Å². The van der Waals surface area contributed by atoms with Crippen LogP contribution < -0.4 is 0 Å². The fourth-order valence-electron chi connectivity index (χ4n) is 2.50. The number of hydrogen-bond acceptors (Lipinski definition) is 5. The second-order valence-electron chi connectivity index (χ2n) is 6.05. The minimum Gasteiger partial charge on any atom is -0.447 e. The number of amides is 1. The van der Waals surface area contributed by atoms with Gasteiger partial charge in [0.1, 0.15) is 0 Å². The van der Waals surface area contributed by atoms with E-state index in [1.165, 1.54) is 0 Å². The molecule has 1 heterocycles. The second-order valence-corrected chi connectivity index (χ2v) is 7.65.